The van der Waals surface area contributed by atoms with Crippen molar-refractivity contribution >= 4 is 5.91 Å². The highest BCUT2D eigenvalue weighted by Gasteiger charge is 2.17. The van der Waals surface area contributed by atoms with Gasteiger partial charge in [0.05, 0.1) is 14.2 Å². The molecule has 2 heterocycles. The maximum absolute atomic E-state index is 12.2. The highest BCUT2D eigenvalue weighted by molar-refractivity contribution is 5.76. The summed E-state index contributed by atoms with van der Waals surface area (Å²) in [5, 5.41) is 4.03. The van der Waals surface area contributed by atoms with Crippen LogP contribution < -0.4 is 9.47 Å². The summed E-state index contributed by atoms with van der Waals surface area (Å²) in [5.74, 6) is 2.54. The molecule has 0 spiro atoms. The van der Waals surface area contributed by atoms with E-state index < -0.39 is 0 Å². The normalized spacial score (nSPS) is 14.3. The molecule has 0 saturated carbocycles. The zero-order chi connectivity index (χ0) is 18.4. The van der Waals surface area contributed by atoms with E-state index in [-0.39, 0.29) is 5.91 Å². The van der Waals surface area contributed by atoms with Crippen molar-refractivity contribution in [3.63, 3.8) is 0 Å². The van der Waals surface area contributed by atoms with Crippen molar-refractivity contribution in [3.05, 3.63) is 24.1 Å². The lowest BCUT2D eigenvalue weighted by Crippen LogP contribution is -2.35. The van der Waals surface area contributed by atoms with Crippen LogP contribution in [0.25, 0.3) is 11.4 Å². The van der Waals surface area contributed by atoms with Crippen LogP contribution in [0.15, 0.2) is 22.7 Å². The van der Waals surface area contributed by atoms with Crippen molar-refractivity contribution in [1.82, 2.24) is 15.0 Å². The van der Waals surface area contributed by atoms with E-state index in [0.29, 0.717) is 42.5 Å². The lowest BCUT2D eigenvalue weighted by atomic mass is 10.1. The van der Waals surface area contributed by atoms with E-state index in [1.165, 1.54) is 6.42 Å². The molecule has 1 saturated heterocycles. The van der Waals surface area contributed by atoms with Gasteiger partial charge in [-0.05, 0) is 43.9 Å². The molecule has 1 aromatic carbocycles. The van der Waals surface area contributed by atoms with Gasteiger partial charge in [0, 0.05) is 31.5 Å². The van der Waals surface area contributed by atoms with Gasteiger partial charge in [-0.15, -0.1) is 0 Å². The molecule has 0 atom stereocenters. The molecule has 2 aromatic rings. The van der Waals surface area contributed by atoms with Crippen LogP contribution in [0.4, 0.5) is 0 Å². The Morgan fingerprint density at radius 2 is 1.92 bits per heavy atom. The van der Waals surface area contributed by atoms with E-state index in [2.05, 4.69) is 10.1 Å². The minimum Gasteiger partial charge on any atom is -0.493 e. The average molecular weight is 359 g/mol. The molecule has 7 heteroatoms. The largest absolute Gasteiger partial charge is 0.493 e. The molecule has 140 valence electrons. The van der Waals surface area contributed by atoms with E-state index in [0.717, 1.165) is 31.5 Å². The fourth-order valence-corrected chi connectivity index (χ4v) is 3.14. The summed E-state index contributed by atoms with van der Waals surface area (Å²) in [6.07, 6.45) is 5.29. The third kappa shape index (κ3) is 4.33. The molecule has 0 unspecified atom stereocenters. The van der Waals surface area contributed by atoms with Gasteiger partial charge in [-0.1, -0.05) is 5.16 Å². The molecule has 7 nitrogen and oxygen atoms in total. The number of carbonyl (C=O) groups excluding carboxylic acids is 1. The van der Waals surface area contributed by atoms with E-state index in [4.69, 9.17) is 14.0 Å². The van der Waals surface area contributed by atoms with Gasteiger partial charge in [0.2, 0.25) is 17.6 Å². The Morgan fingerprint density at radius 3 is 2.65 bits per heavy atom. The van der Waals surface area contributed by atoms with Crippen LogP contribution in [-0.2, 0) is 11.2 Å². The molecule has 1 aromatic heterocycles. The number of aryl methyl sites for hydroxylation is 1. The van der Waals surface area contributed by atoms with Crippen LogP contribution in [0.1, 0.15) is 38.0 Å². The number of rotatable bonds is 7. The number of ether oxygens (including phenoxy) is 2. The molecule has 0 radical (unpaired) electrons. The fraction of sp³-hybridized carbons (Fsp3) is 0.526. The zero-order valence-corrected chi connectivity index (χ0v) is 15.4. The van der Waals surface area contributed by atoms with Crippen molar-refractivity contribution in [2.75, 3.05) is 27.3 Å². The Bertz CT molecular complexity index is 738. The maximum Gasteiger partial charge on any atom is 0.226 e. The molecular weight excluding hydrogens is 334 g/mol. The minimum atomic E-state index is 0.226. The predicted octanol–water partition coefficient (Wildman–Crippen LogP) is 3.09. The van der Waals surface area contributed by atoms with Gasteiger partial charge in [-0.2, -0.15) is 4.98 Å². The summed E-state index contributed by atoms with van der Waals surface area (Å²) in [4.78, 5) is 18.6. The molecule has 0 bridgehead atoms. The van der Waals surface area contributed by atoms with Gasteiger partial charge in [0.15, 0.2) is 11.5 Å². The molecular formula is C19H25N3O4. The summed E-state index contributed by atoms with van der Waals surface area (Å²) in [7, 11) is 3.18. The lowest BCUT2D eigenvalue weighted by Gasteiger charge is -2.26. The second-order valence-corrected chi connectivity index (χ2v) is 6.38. The number of nitrogens with zero attached hydrogens (tertiary/aromatic N) is 3. The Kier molecular flexibility index (Phi) is 6.09. The lowest BCUT2D eigenvalue weighted by molar-refractivity contribution is -0.132. The van der Waals surface area contributed by atoms with E-state index in [1.54, 1.807) is 14.2 Å². The number of benzene rings is 1. The van der Waals surface area contributed by atoms with Crippen molar-refractivity contribution in [2.45, 2.75) is 38.5 Å². The van der Waals surface area contributed by atoms with Crippen molar-refractivity contribution in [3.8, 4) is 22.9 Å². The first-order chi connectivity index (χ1) is 12.7. The average Bonchev–Trinajstić information content (AvgIpc) is 3.17. The van der Waals surface area contributed by atoms with Gasteiger partial charge in [-0.3, -0.25) is 4.79 Å². The van der Waals surface area contributed by atoms with Crippen molar-refractivity contribution in [1.29, 1.82) is 0 Å². The first-order valence-corrected chi connectivity index (χ1v) is 9.04. The summed E-state index contributed by atoms with van der Waals surface area (Å²) < 4.78 is 15.9. The van der Waals surface area contributed by atoms with Crippen LogP contribution in [0.2, 0.25) is 0 Å². The molecule has 1 aliphatic rings. The molecule has 0 N–H and O–H groups in total. The summed E-state index contributed by atoms with van der Waals surface area (Å²) >= 11 is 0. The molecule has 26 heavy (non-hydrogen) atoms. The first kappa shape index (κ1) is 18.2. The summed E-state index contributed by atoms with van der Waals surface area (Å²) in [5.41, 5.74) is 0.794. The molecule has 3 rings (SSSR count). The van der Waals surface area contributed by atoms with Gasteiger partial charge in [-0.25, -0.2) is 0 Å². The van der Waals surface area contributed by atoms with Gasteiger partial charge < -0.3 is 18.9 Å². The number of likely N-dealkylation sites (tertiary alicyclic amines) is 1. The maximum atomic E-state index is 12.2. The number of carbonyl (C=O) groups is 1. The predicted molar refractivity (Wildman–Crippen MR) is 96.2 cm³/mol. The second-order valence-electron chi connectivity index (χ2n) is 6.38. The van der Waals surface area contributed by atoms with E-state index >= 15 is 0 Å². The SMILES string of the molecule is COc1ccc(-c2noc(CCCC(=O)N3CCCCC3)n2)cc1OC. The number of amides is 1. The molecule has 1 amide bonds. The Labute approximate surface area is 153 Å². The number of hydrogen-bond acceptors (Lipinski definition) is 6. The van der Waals surface area contributed by atoms with Crippen LogP contribution in [0.3, 0.4) is 0 Å². The quantitative estimate of drug-likeness (QED) is 0.756. The van der Waals surface area contributed by atoms with E-state index in [9.17, 15) is 4.79 Å². The first-order valence-electron chi connectivity index (χ1n) is 9.04. The van der Waals surface area contributed by atoms with Crippen LogP contribution in [0, 0.1) is 0 Å². The third-order valence-electron chi connectivity index (χ3n) is 4.60. The highest BCUT2D eigenvalue weighted by atomic mass is 16.5. The number of hydrogen-bond donors (Lipinski definition) is 0. The number of piperidine rings is 1. The Morgan fingerprint density at radius 1 is 1.15 bits per heavy atom. The molecule has 1 fully saturated rings. The number of aromatic nitrogens is 2. The van der Waals surface area contributed by atoms with Gasteiger partial charge >= 0.3 is 0 Å². The summed E-state index contributed by atoms with van der Waals surface area (Å²) in [6.45, 7) is 1.78. The Hall–Kier alpha value is -2.57. The van der Waals surface area contributed by atoms with Crippen molar-refractivity contribution < 1.29 is 18.8 Å². The smallest absolute Gasteiger partial charge is 0.226 e. The van der Waals surface area contributed by atoms with Crippen molar-refractivity contribution in [2.24, 2.45) is 0 Å². The van der Waals surface area contributed by atoms with Crippen LogP contribution in [-0.4, -0.2) is 48.3 Å². The van der Waals surface area contributed by atoms with Gasteiger partial charge in [0.25, 0.3) is 0 Å². The topological polar surface area (TPSA) is 77.7 Å². The van der Waals surface area contributed by atoms with E-state index in [1.807, 2.05) is 23.1 Å². The fourth-order valence-electron chi connectivity index (χ4n) is 3.14. The Balaban J connectivity index is 1.55. The molecule has 1 aliphatic heterocycles. The van der Waals surface area contributed by atoms with Gasteiger partial charge in [0.1, 0.15) is 0 Å². The minimum absolute atomic E-state index is 0.226. The zero-order valence-electron chi connectivity index (χ0n) is 15.4. The highest BCUT2D eigenvalue weighted by Crippen LogP contribution is 2.31. The third-order valence-corrected chi connectivity index (χ3v) is 4.60. The second kappa shape index (κ2) is 8.69. The van der Waals surface area contributed by atoms with Crippen LogP contribution >= 0.6 is 0 Å². The number of methoxy groups -OCH3 is 2. The molecule has 0 aliphatic carbocycles. The summed E-state index contributed by atoms with van der Waals surface area (Å²) in [6, 6.07) is 5.48. The monoisotopic (exact) mass is 359 g/mol. The van der Waals surface area contributed by atoms with Crippen LogP contribution in [0.5, 0.6) is 11.5 Å². The standard InChI is InChI=1S/C19H25N3O4/c1-24-15-10-9-14(13-16(15)25-2)19-20-17(26-21-19)7-6-8-18(23)22-11-4-3-5-12-22/h9-10,13H,3-8,11-12H2,1-2H3.